The molecule has 0 fully saturated rings. The highest BCUT2D eigenvalue weighted by Gasteiger charge is 2.24. The van der Waals surface area contributed by atoms with E-state index in [1.165, 1.54) is 0 Å². The van der Waals surface area contributed by atoms with Crippen molar-refractivity contribution in [3.05, 3.63) is 47.4 Å². The second kappa shape index (κ2) is 5.10. The van der Waals surface area contributed by atoms with E-state index in [1.807, 2.05) is 18.2 Å². The highest BCUT2D eigenvalue weighted by molar-refractivity contribution is 6.05. The van der Waals surface area contributed by atoms with Crippen molar-refractivity contribution in [3.63, 3.8) is 0 Å². The van der Waals surface area contributed by atoms with Crippen LogP contribution < -0.4 is 5.32 Å². The van der Waals surface area contributed by atoms with Gasteiger partial charge in [0.15, 0.2) is 5.76 Å². The number of aromatic nitrogens is 4. The minimum Gasteiger partial charge on any atom is -0.459 e. The predicted octanol–water partition coefficient (Wildman–Crippen LogP) is 2.20. The summed E-state index contributed by atoms with van der Waals surface area (Å²) in [5, 5.41) is 16.7. The number of aryl methyl sites for hydroxylation is 1. The lowest BCUT2D eigenvalue weighted by atomic mass is 10.1. The second-order valence-corrected chi connectivity index (χ2v) is 5.16. The number of aromatic amines is 1. The van der Waals surface area contributed by atoms with E-state index in [2.05, 4.69) is 25.9 Å². The summed E-state index contributed by atoms with van der Waals surface area (Å²) in [6.45, 7) is 0. The fourth-order valence-electron chi connectivity index (χ4n) is 2.79. The van der Waals surface area contributed by atoms with Crippen molar-refractivity contribution in [2.75, 3.05) is 5.32 Å². The summed E-state index contributed by atoms with van der Waals surface area (Å²) in [6.07, 6.45) is 4.62. The highest BCUT2D eigenvalue weighted by Crippen LogP contribution is 2.29. The number of fused-ring (bicyclic) bond motifs is 1. The van der Waals surface area contributed by atoms with Crippen LogP contribution in [0.2, 0.25) is 0 Å². The Kier molecular flexibility index (Phi) is 2.96. The number of tetrazole rings is 1. The lowest BCUT2D eigenvalue weighted by Crippen LogP contribution is -2.13. The first-order valence-corrected chi connectivity index (χ1v) is 7.06. The first-order valence-electron chi connectivity index (χ1n) is 7.06. The molecule has 1 amide bonds. The highest BCUT2D eigenvalue weighted by atomic mass is 16.3. The van der Waals surface area contributed by atoms with Gasteiger partial charge >= 0.3 is 0 Å². The fourth-order valence-corrected chi connectivity index (χ4v) is 2.79. The molecule has 1 aliphatic rings. The van der Waals surface area contributed by atoms with E-state index >= 15 is 0 Å². The molecule has 0 saturated carbocycles. The van der Waals surface area contributed by atoms with E-state index in [0.717, 1.165) is 30.4 Å². The average molecular weight is 295 g/mol. The van der Waals surface area contributed by atoms with Crippen LogP contribution in [0.4, 0.5) is 5.69 Å². The average Bonchev–Trinajstić information content (AvgIpc) is 3.25. The summed E-state index contributed by atoms with van der Waals surface area (Å²) in [5.74, 6) is 0.579. The topological polar surface area (TPSA) is 96.7 Å². The molecule has 0 saturated heterocycles. The van der Waals surface area contributed by atoms with Gasteiger partial charge in [-0.3, -0.25) is 4.79 Å². The maximum Gasteiger partial charge on any atom is 0.291 e. The van der Waals surface area contributed by atoms with E-state index in [9.17, 15) is 4.79 Å². The quantitative estimate of drug-likeness (QED) is 0.772. The second-order valence-electron chi connectivity index (χ2n) is 5.16. The van der Waals surface area contributed by atoms with Crippen molar-refractivity contribution in [1.82, 2.24) is 20.6 Å². The number of anilines is 1. The Morgan fingerprint density at radius 1 is 1.27 bits per heavy atom. The third kappa shape index (κ3) is 2.07. The number of furan rings is 1. The zero-order chi connectivity index (χ0) is 14.9. The van der Waals surface area contributed by atoms with Crippen LogP contribution in [0.15, 0.2) is 34.9 Å². The summed E-state index contributed by atoms with van der Waals surface area (Å²) >= 11 is 0. The van der Waals surface area contributed by atoms with Crippen LogP contribution in [-0.2, 0) is 12.8 Å². The summed E-state index contributed by atoms with van der Waals surface area (Å²) in [6, 6.07) is 7.32. The van der Waals surface area contributed by atoms with Crippen LogP contribution in [-0.4, -0.2) is 26.5 Å². The van der Waals surface area contributed by atoms with Crippen molar-refractivity contribution in [3.8, 4) is 11.4 Å². The van der Waals surface area contributed by atoms with Gasteiger partial charge in [-0.1, -0.05) is 12.1 Å². The number of hydrogen-bond donors (Lipinski definition) is 2. The van der Waals surface area contributed by atoms with Crippen LogP contribution >= 0.6 is 0 Å². The number of carbonyl (C=O) groups excluding carboxylic acids is 1. The molecule has 3 aromatic rings. The number of nitrogens with zero attached hydrogens (tertiary/aromatic N) is 3. The number of H-pyrrole nitrogens is 1. The molecule has 1 aliphatic carbocycles. The van der Waals surface area contributed by atoms with Crippen LogP contribution in [0, 0.1) is 0 Å². The third-order valence-electron chi connectivity index (χ3n) is 3.82. The molecule has 1 aromatic carbocycles. The Morgan fingerprint density at radius 2 is 2.18 bits per heavy atom. The smallest absolute Gasteiger partial charge is 0.291 e. The minimum absolute atomic E-state index is 0.251. The molecule has 7 nitrogen and oxygen atoms in total. The molecule has 0 atom stereocenters. The van der Waals surface area contributed by atoms with Crippen molar-refractivity contribution in [2.45, 2.75) is 19.3 Å². The largest absolute Gasteiger partial charge is 0.459 e. The number of hydrogen-bond acceptors (Lipinski definition) is 5. The summed E-state index contributed by atoms with van der Waals surface area (Å²) in [4.78, 5) is 12.5. The Labute approximate surface area is 125 Å². The van der Waals surface area contributed by atoms with Crippen LogP contribution in [0.5, 0.6) is 0 Å². The van der Waals surface area contributed by atoms with Crippen molar-refractivity contribution in [1.29, 1.82) is 0 Å². The molecule has 4 rings (SSSR count). The molecule has 0 aliphatic heterocycles. The zero-order valence-electron chi connectivity index (χ0n) is 11.7. The van der Waals surface area contributed by atoms with Gasteiger partial charge in [-0.2, -0.15) is 5.21 Å². The first-order chi connectivity index (χ1) is 10.8. The molecule has 2 aromatic heterocycles. The molecule has 2 heterocycles. The van der Waals surface area contributed by atoms with E-state index < -0.39 is 0 Å². The lowest BCUT2D eigenvalue weighted by Gasteiger charge is -2.08. The Bertz CT molecular complexity index is 822. The maximum absolute atomic E-state index is 12.5. The number of rotatable bonds is 3. The van der Waals surface area contributed by atoms with Crippen LogP contribution in [0.1, 0.15) is 28.1 Å². The number of carbonyl (C=O) groups is 1. The van der Waals surface area contributed by atoms with Crippen LogP contribution in [0.25, 0.3) is 11.4 Å². The Balaban J connectivity index is 1.65. The SMILES string of the molecule is O=C(Nc1ccccc1-c1nn[nH]n1)c1occ2c1CCC2. The molecule has 0 radical (unpaired) electrons. The van der Waals surface area contributed by atoms with E-state index in [-0.39, 0.29) is 5.91 Å². The van der Waals surface area contributed by atoms with Gasteiger partial charge in [-0.15, -0.1) is 10.2 Å². The summed E-state index contributed by atoms with van der Waals surface area (Å²) in [7, 11) is 0. The Morgan fingerprint density at radius 3 is 3.05 bits per heavy atom. The number of benzene rings is 1. The zero-order valence-corrected chi connectivity index (χ0v) is 11.7. The minimum atomic E-state index is -0.251. The van der Waals surface area contributed by atoms with Crippen molar-refractivity contribution < 1.29 is 9.21 Å². The fraction of sp³-hybridized carbons (Fsp3) is 0.200. The molecule has 110 valence electrons. The molecule has 0 bridgehead atoms. The molecular formula is C15H13N5O2. The molecule has 0 unspecified atom stereocenters. The van der Waals surface area contributed by atoms with E-state index in [4.69, 9.17) is 4.42 Å². The standard InChI is InChI=1S/C15H13N5O2/c21-15(13-10-6-3-4-9(10)8-22-13)16-12-7-2-1-5-11(12)14-17-19-20-18-14/h1-2,5,7-8H,3-4,6H2,(H,16,21)(H,17,18,19,20). The summed E-state index contributed by atoms with van der Waals surface area (Å²) in [5.41, 5.74) is 3.48. The third-order valence-corrected chi connectivity index (χ3v) is 3.82. The molecule has 22 heavy (non-hydrogen) atoms. The van der Waals surface area contributed by atoms with Gasteiger partial charge in [-0.05, 0) is 42.2 Å². The van der Waals surface area contributed by atoms with Crippen molar-refractivity contribution in [2.24, 2.45) is 0 Å². The molecule has 0 spiro atoms. The molecule has 7 heteroatoms. The van der Waals surface area contributed by atoms with Gasteiger partial charge in [0.1, 0.15) is 0 Å². The first kappa shape index (κ1) is 12.8. The maximum atomic E-state index is 12.5. The van der Waals surface area contributed by atoms with E-state index in [1.54, 1.807) is 12.3 Å². The molecule has 2 N–H and O–H groups in total. The van der Waals surface area contributed by atoms with Crippen LogP contribution in [0.3, 0.4) is 0 Å². The number of nitrogens with one attached hydrogen (secondary N) is 2. The van der Waals surface area contributed by atoms with Gasteiger partial charge in [0, 0.05) is 11.1 Å². The monoisotopic (exact) mass is 295 g/mol. The van der Waals surface area contributed by atoms with Gasteiger partial charge in [0.05, 0.1) is 12.0 Å². The Hall–Kier alpha value is -2.96. The number of para-hydroxylation sites is 1. The van der Waals surface area contributed by atoms with Gasteiger partial charge in [0.2, 0.25) is 5.82 Å². The molecular weight excluding hydrogens is 282 g/mol. The van der Waals surface area contributed by atoms with Gasteiger partial charge in [0.25, 0.3) is 5.91 Å². The normalized spacial score (nSPS) is 13.1. The lowest BCUT2D eigenvalue weighted by molar-refractivity contribution is 0.0995. The van der Waals surface area contributed by atoms with Crippen molar-refractivity contribution >= 4 is 11.6 Å². The predicted molar refractivity (Wildman–Crippen MR) is 78.3 cm³/mol. The van der Waals surface area contributed by atoms with Gasteiger partial charge in [-0.25, -0.2) is 0 Å². The number of amides is 1. The van der Waals surface area contributed by atoms with Gasteiger partial charge < -0.3 is 9.73 Å². The van der Waals surface area contributed by atoms with E-state index in [0.29, 0.717) is 22.8 Å². The summed E-state index contributed by atoms with van der Waals surface area (Å²) < 4.78 is 5.44.